The molecular weight excluding hydrogens is 1670 g/mol. The summed E-state index contributed by atoms with van der Waals surface area (Å²) in [5.74, 6) is 11.0. The Balaban J connectivity index is 0.000000105. The van der Waals surface area contributed by atoms with E-state index in [0.29, 0.717) is 34.0 Å². The molecule has 0 radical (unpaired) electrons. The third-order valence-electron chi connectivity index (χ3n) is 37.9. The van der Waals surface area contributed by atoms with Gasteiger partial charge in [-0.25, -0.2) is 0 Å². The molecule has 692 valence electrons. The van der Waals surface area contributed by atoms with Crippen LogP contribution in [0.2, 0.25) is 0 Å². The zero-order valence-corrected chi connectivity index (χ0v) is 80.8. The van der Waals surface area contributed by atoms with Gasteiger partial charge in [-0.1, -0.05) is 258 Å². The summed E-state index contributed by atoms with van der Waals surface area (Å²) in [6.07, 6.45) is 46.5. The van der Waals surface area contributed by atoms with E-state index in [1.807, 2.05) is 0 Å². The molecule has 1 unspecified atom stereocenters. The molecule has 32 rings (SSSR count). The quantitative estimate of drug-likeness (QED) is 0.0908. The highest BCUT2D eigenvalue weighted by atomic mass is 16.3. The molecule has 16 aliphatic rings. The third kappa shape index (κ3) is 15.5. The minimum atomic E-state index is 0.242. The van der Waals surface area contributed by atoms with Gasteiger partial charge >= 0.3 is 0 Å². The number of aromatic nitrogens is 1. The number of anilines is 9. The molecule has 5 heteroatoms. The first kappa shape index (κ1) is 85.3. The summed E-state index contributed by atoms with van der Waals surface area (Å²) in [5.41, 5.74) is 34.1. The molecule has 0 aliphatic heterocycles. The van der Waals surface area contributed by atoms with Crippen LogP contribution in [0.4, 0.5) is 51.2 Å². The van der Waals surface area contributed by atoms with E-state index < -0.39 is 0 Å². The summed E-state index contributed by atoms with van der Waals surface area (Å²) in [5, 5.41) is 4.94. The molecule has 138 heavy (non-hydrogen) atoms. The zero-order valence-electron chi connectivity index (χ0n) is 80.8. The molecule has 0 spiro atoms. The Kier molecular flexibility index (Phi) is 21.9. The molecule has 0 amide bonds. The van der Waals surface area contributed by atoms with Crippen molar-refractivity contribution in [3.8, 4) is 16.8 Å². The number of benzene rings is 14. The van der Waals surface area contributed by atoms with Gasteiger partial charge in [0.2, 0.25) is 0 Å². The van der Waals surface area contributed by atoms with Crippen molar-refractivity contribution in [3.63, 3.8) is 0 Å². The maximum Gasteiger partial charge on any atom is 0.159 e. The van der Waals surface area contributed by atoms with Gasteiger partial charge in [-0.2, -0.15) is 0 Å². The van der Waals surface area contributed by atoms with E-state index in [1.165, 1.54) is 340 Å². The predicted molar refractivity (Wildman–Crippen MR) is 575 cm³/mol. The van der Waals surface area contributed by atoms with E-state index in [4.69, 9.17) is 4.42 Å². The number of rotatable bonds is 17. The number of hydrogen-bond donors (Lipinski definition) is 0. The summed E-state index contributed by atoms with van der Waals surface area (Å²) in [7, 11) is 0. The Bertz CT molecular complexity index is 7000. The van der Waals surface area contributed by atoms with Crippen LogP contribution < -0.4 is 14.7 Å². The number of para-hydroxylation sites is 4. The first-order chi connectivity index (χ1) is 68.1. The molecule has 5 nitrogen and oxygen atoms in total. The van der Waals surface area contributed by atoms with Crippen molar-refractivity contribution in [1.82, 2.24) is 4.57 Å². The second-order valence-corrected chi connectivity index (χ2v) is 46.4. The smallest absolute Gasteiger partial charge is 0.159 e. The van der Waals surface area contributed by atoms with Crippen molar-refractivity contribution in [2.75, 3.05) is 14.7 Å². The Morgan fingerprint density at radius 2 is 0.587 bits per heavy atom. The van der Waals surface area contributed by atoms with Crippen molar-refractivity contribution in [1.29, 1.82) is 0 Å². The molecule has 2 aromatic heterocycles. The maximum absolute atomic E-state index is 6.57. The Labute approximate surface area is 818 Å². The Hall–Kier alpha value is -11.9. The minimum absolute atomic E-state index is 0.242. The lowest BCUT2D eigenvalue weighted by molar-refractivity contribution is -0.00530. The standard InChI is InChI=1S/C47H47N.C46H46N2.C40H41NO/c1-3-9-35(10-4-1)36-15-19-39(20-16-36)48(40-21-17-38(18-22-40)47-29-32-25-33(30-47)27-34(26-32)31-47)41-23-24-43-42-13-7-8-14-44(42)46(45(43)28-41)37-11-5-2-6-12-37;1-3-9-35(10-4-1)36-15-19-39(20-16-36)47(40-21-17-37(18-22-40)46-29-32-25-33(30-46)27-34(26-32)31-46)41-23-24-45-43(28-41)42-13-7-8-14-44(42)48(45)38-11-5-2-6-12-38;1-2-7-30(8-3-1)31-13-17-33(18-14-31)41(37-11-6-10-36-35-9-4-5-12-38(35)42-39(36)37)34-19-15-32(16-20-34)40-24-27-21-28(25-40)23-29(22-27)26-40/h2,5-8,11-24,28,32-35,46H,1,3-4,9-10,25-27,29-31H2;2,5-8,11-24,28,32-35H,1,3-4,9-10,25-27,29-31H2;4-6,9-20,27-30H,1-3,7-8,21-26H2. The lowest BCUT2D eigenvalue weighted by Crippen LogP contribution is -2.48. The van der Waals surface area contributed by atoms with Crippen LogP contribution in [0.25, 0.3) is 60.6 Å². The van der Waals surface area contributed by atoms with E-state index in [1.54, 1.807) is 16.7 Å². The van der Waals surface area contributed by atoms with Crippen LogP contribution in [0.5, 0.6) is 0 Å². The van der Waals surface area contributed by atoms with E-state index >= 15 is 0 Å². The normalized spacial score (nSPS) is 26.5. The number of fused-ring (bicyclic) bond motifs is 9. The van der Waals surface area contributed by atoms with Gasteiger partial charge in [0.05, 0.1) is 16.7 Å². The first-order valence-electron chi connectivity index (χ1n) is 54.4. The Morgan fingerprint density at radius 1 is 0.239 bits per heavy atom. The SMILES string of the molecule is c1ccc(-n2c3ccccc3c3cc(N(c4ccc(C5CCCCC5)cc4)c4ccc(C56CC7CC(CC(C7)C5)C6)cc4)ccc32)cc1.c1ccc(C2c3ccccc3-c3ccc(N(c4ccc(C5CCCCC5)cc4)c4ccc(C56CC7CC(CC(C7)C5)C6)cc4)cc32)cc1.c1ccc2c(c1)oc1c(N(c3ccc(C4CCCCC4)cc3)c3ccc(C45CC6CC(CC(C6)C4)C5)cc3)cccc12. The fourth-order valence-corrected chi connectivity index (χ4v) is 32.8. The Morgan fingerprint density at radius 3 is 1.04 bits per heavy atom. The largest absolute Gasteiger partial charge is 0.454 e. The van der Waals surface area contributed by atoms with Crippen molar-refractivity contribution in [3.05, 3.63) is 384 Å². The molecule has 15 saturated carbocycles. The van der Waals surface area contributed by atoms with Gasteiger partial charge in [-0.3, -0.25) is 0 Å². The van der Waals surface area contributed by atoms with E-state index in [9.17, 15) is 0 Å². The average Bonchev–Trinajstić information content (AvgIpc) is 1.36. The molecule has 0 N–H and O–H groups in total. The number of furan rings is 1. The summed E-state index contributed by atoms with van der Waals surface area (Å²) in [6, 6.07) is 127. The van der Waals surface area contributed by atoms with Crippen LogP contribution in [0, 0.1) is 53.3 Å². The van der Waals surface area contributed by atoms with Gasteiger partial charge in [0.15, 0.2) is 5.58 Å². The van der Waals surface area contributed by atoms with Gasteiger partial charge < -0.3 is 23.7 Å². The van der Waals surface area contributed by atoms with Gasteiger partial charge in [0.25, 0.3) is 0 Å². The molecular formula is C133H134N4O. The molecule has 14 aromatic carbocycles. The minimum Gasteiger partial charge on any atom is -0.454 e. The van der Waals surface area contributed by atoms with Gasteiger partial charge in [-0.15, -0.1) is 0 Å². The first-order valence-corrected chi connectivity index (χ1v) is 54.4. The number of hydrogen-bond acceptors (Lipinski definition) is 4. The van der Waals surface area contributed by atoms with Crippen LogP contribution in [0.3, 0.4) is 0 Å². The highest BCUT2D eigenvalue weighted by Crippen LogP contribution is 2.65. The second-order valence-electron chi connectivity index (χ2n) is 46.4. The van der Waals surface area contributed by atoms with Gasteiger partial charge in [0.1, 0.15) is 5.58 Å². The summed E-state index contributed by atoms with van der Waals surface area (Å²) in [4.78, 5) is 7.46. The van der Waals surface area contributed by atoms with Crippen molar-refractivity contribution < 1.29 is 4.42 Å². The topological polar surface area (TPSA) is 27.8 Å². The highest BCUT2D eigenvalue weighted by molar-refractivity contribution is 6.12. The van der Waals surface area contributed by atoms with Crippen LogP contribution in [-0.4, -0.2) is 4.57 Å². The van der Waals surface area contributed by atoms with Crippen molar-refractivity contribution >= 4 is 94.9 Å². The summed E-state index contributed by atoms with van der Waals surface area (Å²) in [6.45, 7) is 0. The molecule has 16 aromatic rings. The van der Waals surface area contributed by atoms with E-state index in [2.05, 4.69) is 353 Å². The van der Waals surface area contributed by atoms with Crippen molar-refractivity contribution in [2.45, 2.75) is 252 Å². The third-order valence-corrected chi connectivity index (χ3v) is 37.9. The summed E-state index contributed by atoms with van der Waals surface area (Å²) >= 11 is 0. The fourth-order valence-electron chi connectivity index (χ4n) is 32.8. The van der Waals surface area contributed by atoms with Crippen LogP contribution >= 0.6 is 0 Å². The van der Waals surface area contributed by atoms with Crippen molar-refractivity contribution in [2.24, 2.45) is 53.3 Å². The maximum atomic E-state index is 6.57. The molecule has 15 fully saturated rings. The molecule has 16 aliphatic carbocycles. The van der Waals surface area contributed by atoms with E-state index in [-0.39, 0.29) is 5.92 Å². The zero-order chi connectivity index (χ0) is 91.0. The monoisotopic (exact) mass is 1800 g/mol. The fraction of sp³-hybridized carbons (Fsp3) is 0.368. The number of nitrogens with zero attached hydrogens (tertiary/aromatic N) is 4. The molecule has 2 heterocycles. The lowest BCUT2D eigenvalue weighted by atomic mass is 9.48. The average molecular weight is 1800 g/mol. The predicted octanol–water partition coefficient (Wildman–Crippen LogP) is 37.2. The summed E-state index contributed by atoms with van der Waals surface area (Å²) < 4.78 is 8.99. The van der Waals surface area contributed by atoms with Gasteiger partial charge in [0, 0.05) is 78.6 Å². The van der Waals surface area contributed by atoms with E-state index in [0.717, 1.165) is 70.1 Å². The highest BCUT2D eigenvalue weighted by Gasteiger charge is 2.55. The molecule has 1 atom stereocenters. The molecule has 12 bridgehead atoms. The van der Waals surface area contributed by atoms with Gasteiger partial charge in [-0.05, 0) is 436 Å². The molecule has 0 saturated heterocycles. The van der Waals surface area contributed by atoms with Crippen LogP contribution in [-0.2, 0) is 16.2 Å². The van der Waals surface area contributed by atoms with Crippen LogP contribution in [0.15, 0.2) is 338 Å². The second kappa shape index (κ2) is 35.4. The lowest BCUT2D eigenvalue weighted by Gasteiger charge is -2.57. The van der Waals surface area contributed by atoms with Crippen LogP contribution in [0.1, 0.15) is 286 Å².